The molecule has 0 spiro atoms. The molecule has 8 nitrogen and oxygen atoms in total. The molecule has 0 aliphatic rings. The molecule has 1 N–H and O–H groups in total. The molecule has 2 amide bonds. The van der Waals surface area contributed by atoms with E-state index in [0.29, 0.717) is 24.5 Å². The molecule has 1 unspecified atom stereocenters. The van der Waals surface area contributed by atoms with E-state index in [2.05, 4.69) is 5.32 Å². The molecule has 0 bridgehead atoms. The zero-order valence-electron chi connectivity index (χ0n) is 20.5. The van der Waals surface area contributed by atoms with E-state index in [1.807, 2.05) is 58.0 Å². The fraction of sp³-hybridized carbons (Fsp3) is 0.440. The van der Waals surface area contributed by atoms with E-state index in [9.17, 15) is 18.0 Å². The number of rotatable bonds is 12. The van der Waals surface area contributed by atoms with Gasteiger partial charge in [-0.2, -0.15) is 0 Å². The molecule has 2 rings (SSSR count). The van der Waals surface area contributed by atoms with E-state index in [-0.39, 0.29) is 18.5 Å². The van der Waals surface area contributed by atoms with Crippen LogP contribution in [0.4, 0.5) is 5.69 Å². The lowest BCUT2D eigenvalue weighted by Gasteiger charge is -2.33. The summed E-state index contributed by atoms with van der Waals surface area (Å²) < 4.78 is 31.7. The third kappa shape index (κ3) is 7.76. The van der Waals surface area contributed by atoms with Gasteiger partial charge in [-0.3, -0.25) is 13.9 Å². The fourth-order valence-corrected chi connectivity index (χ4v) is 4.42. The molecule has 0 heterocycles. The van der Waals surface area contributed by atoms with Crippen LogP contribution >= 0.6 is 0 Å². The van der Waals surface area contributed by atoms with Crippen molar-refractivity contribution >= 4 is 27.5 Å². The predicted molar refractivity (Wildman–Crippen MR) is 134 cm³/mol. The Morgan fingerprint density at radius 1 is 1.00 bits per heavy atom. The Labute approximate surface area is 202 Å². The molecule has 0 radical (unpaired) electrons. The van der Waals surface area contributed by atoms with Gasteiger partial charge in [0.15, 0.2) is 0 Å². The average Bonchev–Trinajstić information content (AvgIpc) is 2.77. The second-order valence-corrected chi connectivity index (χ2v) is 10.2. The first-order chi connectivity index (χ1) is 16.1. The van der Waals surface area contributed by atoms with Gasteiger partial charge in [0.1, 0.15) is 18.3 Å². The Hall–Kier alpha value is -3.07. The number of ether oxygens (including phenoxy) is 1. The van der Waals surface area contributed by atoms with E-state index >= 15 is 0 Å². The number of hydrogen-bond acceptors (Lipinski definition) is 5. The smallest absolute Gasteiger partial charge is 0.244 e. The van der Waals surface area contributed by atoms with Crippen molar-refractivity contribution < 1.29 is 22.7 Å². The number of hydrogen-bond donors (Lipinski definition) is 1. The number of benzene rings is 2. The van der Waals surface area contributed by atoms with Crippen molar-refractivity contribution in [2.45, 2.75) is 52.7 Å². The van der Waals surface area contributed by atoms with Gasteiger partial charge in [-0.25, -0.2) is 8.42 Å². The van der Waals surface area contributed by atoms with Crippen LogP contribution in [0.2, 0.25) is 0 Å². The van der Waals surface area contributed by atoms with Crippen LogP contribution in [0.1, 0.15) is 39.7 Å². The highest BCUT2D eigenvalue weighted by atomic mass is 32.2. The minimum absolute atomic E-state index is 0.0911. The summed E-state index contributed by atoms with van der Waals surface area (Å²) in [5, 5.41) is 2.87. The largest absolute Gasteiger partial charge is 0.494 e. The van der Waals surface area contributed by atoms with E-state index < -0.39 is 28.5 Å². The Morgan fingerprint density at radius 2 is 1.62 bits per heavy atom. The van der Waals surface area contributed by atoms with E-state index in [4.69, 9.17) is 4.74 Å². The first kappa shape index (κ1) is 27.2. The van der Waals surface area contributed by atoms with Crippen LogP contribution in [0.5, 0.6) is 5.75 Å². The monoisotopic (exact) mass is 489 g/mol. The lowest BCUT2D eigenvalue weighted by molar-refractivity contribution is -0.140. The molecule has 2 aromatic rings. The maximum absolute atomic E-state index is 13.6. The van der Waals surface area contributed by atoms with Crippen molar-refractivity contribution in [3.05, 3.63) is 60.2 Å². The molecule has 0 fully saturated rings. The lowest BCUT2D eigenvalue weighted by atomic mass is 10.1. The van der Waals surface area contributed by atoms with Crippen LogP contribution in [-0.2, 0) is 26.2 Å². The minimum atomic E-state index is -3.77. The van der Waals surface area contributed by atoms with Crippen molar-refractivity contribution in [3.8, 4) is 5.75 Å². The molecule has 186 valence electrons. The van der Waals surface area contributed by atoms with Gasteiger partial charge >= 0.3 is 0 Å². The quantitative estimate of drug-likeness (QED) is 0.494. The summed E-state index contributed by atoms with van der Waals surface area (Å²) in [4.78, 5) is 27.9. The molecular formula is C25H35N3O5S. The summed E-state index contributed by atoms with van der Waals surface area (Å²) in [5.74, 6) is -0.129. The van der Waals surface area contributed by atoms with E-state index in [1.54, 1.807) is 24.3 Å². The molecule has 34 heavy (non-hydrogen) atoms. The highest BCUT2D eigenvalue weighted by molar-refractivity contribution is 7.92. The maximum Gasteiger partial charge on any atom is 0.244 e. The second kappa shape index (κ2) is 12.4. The molecule has 9 heteroatoms. The van der Waals surface area contributed by atoms with Gasteiger partial charge in [0.25, 0.3) is 0 Å². The third-order valence-electron chi connectivity index (χ3n) is 5.13. The lowest BCUT2D eigenvalue weighted by Crippen LogP contribution is -2.53. The molecule has 0 saturated carbocycles. The summed E-state index contributed by atoms with van der Waals surface area (Å²) in [6, 6.07) is 15.0. The van der Waals surface area contributed by atoms with Crippen molar-refractivity contribution in [3.63, 3.8) is 0 Å². The highest BCUT2D eigenvalue weighted by Gasteiger charge is 2.31. The standard InChI is InChI=1S/C25H35N3O5S/c1-6-23(25(30)26-19(3)4)27(17-20-11-9-8-10-12-20)24(29)18-28(34(5,31)32)21-13-15-22(16-14-21)33-7-2/h8-16,19,23H,6-7,17-18H2,1-5H3,(H,26,30). The first-order valence-corrected chi connectivity index (χ1v) is 13.3. The highest BCUT2D eigenvalue weighted by Crippen LogP contribution is 2.23. The molecule has 0 saturated heterocycles. The molecule has 2 aromatic carbocycles. The topological polar surface area (TPSA) is 96.0 Å². The second-order valence-electron chi connectivity index (χ2n) is 8.29. The number of carbonyl (C=O) groups is 2. The van der Waals surface area contributed by atoms with Crippen molar-refractivity contribution in [2.24, 2.45) is 0 Å². The van der Waals surface area contributed by atoms with Gasteiger partial charge in [0.2, 0.25) is 21.8 Å². The average molecular weight is 490 g/mol. The fourth-order valence-electron chi connectivity index (χ4n) is 3.57. The SMILES string of the molecule is CCOc1ccc(N(CC(=O)N(Cc2ccccc2)C(CC)C(=O)NC(C)C)S(C)(=O)=O)cc1. The number of amides is 2. The number of sulfonamides is 1. The minimum Gasteiger partial charge on any atom is -0.494 e. The van der Waals surface area contributed by atoms with Crippen LogP contribution in [-0.4, -0.2) is 56.6 Å². The number of carbonyl (C=O) groups excluding carboxylic acids is 2. The Morgan fingerprint density at radius 3 is 2.12 bits per heavy atom. The van der Waals surface area contributed by atoms with Crippen LogP contribution in [0, 0.1) is 0 Å². The zero-order chi connectivity index (χ0) is 25.3. The first-order valence-electron chi connectivity index (χ1n) is 11.4. The van der Waals surface area contributed by atoms with Gasteiger partial charge < -0.3 is 15.0 Å². The predicted octanol–water partition coefficient (Wildman–Crippen LogP) is 3.18. The summed E-state index contributed by atoms with van der Waals surface area (Å²) in [5.41, 5.74) is 1.19. The van der Waals surface area contributed by atoms with Gasteiger partial charge in [-0.05, 0) is 57.0 Å². The normalized spacial score (nSPS) is 12.2. The van der Waals surface area contributed by atoms with Crippen LogP contribution in [0.25, 0.3) is 0 Å². The Balaban J connectivity index is 2.39. The summed E-state index contributed by atoms with van der Waals surface area (Å²) >= 11 is 0. The molecule has 0 aromatic heterocycles. The van der Waals surface area contributed by atoms with Gasteiger partial charge in [0, 0.05) is 12.6 Å². The molecule has 0 aliphatic carbocycles. The van der Waals surface area contributed by atoms with Crippen LogP contribution in [0.3, 0.4) is 0 Å². The van der Waals surface area contributed by atoms with Crippen LogP contribution < -0.4 is 14.4 Å². The number of anilines is 1. The summed E-state index contributed by atoms with van der Waals surface area (Å²) in [7, 11) is -3.77. The Bertz CT molecular complexity index is 1040. The number of nitrogens with zero attached hydrogens (tertiary/aromatic N) is 2. The van der Waals surface area contributed by atoms with Crippen molar-refractivity contribution in [1.82, 2.24) is 10.2 Å². The summed E-state index contributed by atoms with van der Waals surface area (Å²) in [6.45, 7) is 7.64. The molecule has 1 atom stereocenters. The molecular weight excluding hydrogens is 454 g/mol. The zero-order valence-corrected chi connectivity index (χ0v) is 21.3. The van der Waals surface area contributed by atoms with Crippen molar-refractivity contribution in [1.29, 1.82) is 0 Å². The summed E-state index contributed by atoms with van der Waals surface area (Å²) in [6.07, 6.45) is 1.44. The third-order valence-corrected chi connectivity index (χ3v) is 6.27. The van der Waals surface area contributed by atoms with E-state index in [0.717, 1.165) is 16.1 Å². The number of nitrogens with one attached hydrogen (secondary N) is 1. The van der Waals surface area contributed by atoms with Crippen LogP contribution in [0.15, 0.2) is 54.6 Å². The van der Waals surface area contributed by atoms with Gasteiger partial charge in [-0.1, -0.05) is 37.3 Å². The maximum atomic E-state index is 13.6. The van der Waals surface area contributed by atoms with E-state index in [1.165, 1.54) is 4.90 Å². The van der Waals surface area contributed by atoms with Gasteiger partial charge in [-0.15, -0.1) is 0 Å². The molecule has 0 aliphatic heterocycles. The van der Waals surface area contributed by atoms with Gasteiger partial charge in [0.05, 0.1) is 18.6 Å². The Kier molecular flexibility index (Phi) is 9.92. The van der Waals surface area contributed by atoms with Crippen molar-refractivity contribution in [2.75, 3.05) is 23.7 Å².